The number of halogens is 2. The number of hydrogen-bond acceptors (Lipinski definition) is 1. The molecule has 0 aliphatic rings. The summed E-state index contributed by atoms with van der Waals surface area (Å²) in [4.78, 5) is 1.02. The zero-order chi connectivity index (χ0) is 13.8. The van der Waals surface area contributed by atoms with Crippen LogP contribution in [0.15, 0.2) is 41.3 Å². The van der Waals surface area contributed by atoms with Crippen molar-refractivity contribution in [2.45, 2.75) is 25.2 Å². The van der Waals surface area contributed by atoms with Gasteiger partial charge in [-0.1, -0.05) is 42.3 Å². The van der Waals surface area contributed by atoms with E-state index in [2.05, 4.69) is 36.8 Å². The molecule has 0 atom stereocenters. The molecule has 0 heterocycles. The molecule has 0 bridgehead atoms. The maximum atomic E-state index is 6.15. The van der Waals surface area contributed by atoms with Gasteiger partial charge in [0.05, 0.1) is 10.7 Å². The molecular weight excluding hydrogens is 297 g/mol. The summed E-state index contributed by atoms with van der Waals surface area (Å²) in [7, 11) is 0. The summed E-state index contributed by atoms with van der Waals surface area (Å²) < 4.78 is 3.39. The first-order chi connectivity index (χ1) is 9.10. The van der Waals surface area contributed by atoms with Crippen LogP contribution in [-0.2, 0) is 18.4 Å². The summed E-state index contributed by atoms with van der Waals surface area (Å²) in [6, 6.07) is 12.0. The fourth-order valence-corrected chi connectivity index (χ4v) is 3.11. The van der Waals surface area contributed by atoms with Gasteiger partial charge in [-0.05, 0) is 48.7 Å². The third kappa shape index (κ3) is 3.82. The van der Waals surface area contributed by atoms with Crippen molar-refractivity contribution in [1.29, 1.82) is 0 Å². The van der Waals surface area contributed by atoms with Gasteiger partial charge in [0.25, 0.3) is 0 Å². The highest BCUT2D eigenvalue weighted by Gasteiger charge is 2.11. The normalized spacial score (nSPS) is 10.5. The van der Waals surface area contributed by atoms with Crippen molar-refractivity contribution in [3.63, 3.8) is 0 Å². The maximum absolute atomic E-state index is 6.15. The largest absolute Gasteiger partial charge is 0.204 e. The van der Waals surface area contributed by atoms with Crippen LogP contribution in [0.2, 0.25) is 10.0 Å². The molecule has 2 aromatic rings. The van der Waals surface area contributed by atoms with E-state index in [0.29, 0.717) is 10.0 Å². The Kier molecular flexibility index (Phi) is 5.03. The molecule has 1 N–H and O–H groups in total. The van der Waals surface area contributed by atoms with Crippen LogP contribution in [0.1, 0.15) is 18.1 Å². The summed E-state index contributed by atoms with van der Waals surface area (Å²) in [5.74, 6) is 0. The van der Waals surface area contributed by atoms with Gasteiger partial charge in [0.15, 0.2) is 4.90 Å². The highest BCUT2D eigenvalue weighted by Crippen LogP contribution is 2.24. The van der Waals surface area contributed by atoms with Gasteiger partial charge in [-0.3, -0.25) is 0 Å². The minimum atomic E-state index is 0.660. The summed E-state index contributed by atoms with van der Waals surface area (Å²) in [6.45, 7) is 4.27. The predicted octanol–water partition coefficient (Wildman–Crippen LogP) is 5.07. The van der Waals surface area contributed by atoms with Gasteiger partial charge in [0, 0.05) is 5.02 Å². The third-order valence-electron chi connectivity index (χ3n) is 2.91. The summed E-state index contributed by atoms with van der Waals surface area (Å²) >= 11 is 13.0. The quantitative estimate of drug-likeness (QED) is 0.614. The molecule has 0 radical (unpaired) electrons. The van der Waals surface area contributed by atoms with Crippen molar-refractivity contribution in [3.8, 4) is 0 Å². The van der Waals surface area contributed by atoms with Crippen molar-refractivity contribution >= 4 is 40.8 Å². The highest BCUT2D eigenvalue weighted by molar-refractivity contribution is 7.80. The second kappa shape index (κ2) is 6.56. The molecule has 0 fully saturated rings. The minimum absolute atomic E-state index is 0.660. The first-order valence-corrected chi connectivity index (χ1v) is 7.76. The smallest absolute Gasteiger partial charge is 0.197 e. The van der Waals surface area contributed by atoms with Crippen molar-refractivity contribution < 1.29 is 0 Å². The Hall–Kier alpha value is -0.830. The second-order valence-electron chi connectivity index (χ2n) is 4.32. The van der Waals surface area contributed by atoms with Gasteiger partial charge < -0.3 is 0 Å². The SMILES string of the molecule is CCc1ccc(N[SH+]c2ccc(Cl)cc2Cl)c(C)c1. The summed E-state index contributed by atoms with van der Waals surface area (Å²) in [5, 5.41) is 1.34. The van der Waals surface area contributed by atoms with Gasteiger partial charge in [0.1, 0.15) is 11.9 Å². The average Bonchev–Trinajstić information content (AvgIpc) is 2.39. The molecular formula is C15H16Cl2NS+. The first-order valence-electron chi connectivity index (χ1n) is 6.11. The molecule has 4 heteroatoms. The van der Waals surface area contributed by atoms with E-state index in [0.717, 1.165) is 29.0 Å². The number of thiol groups is 1. The lowest BCUT2D eigenvalue weighted by molar-refractivity contribution is 1.13. The fraction of sp³-hybridized carbons (Fsp3) is 0.200. The molecule has 0 saturated heterocycles. The van der Waals surface area contributed by atoms with E-state index >= 15 is 0 Å². The topological polar surface area (TPSA) is 12.0 Å². The van der Waals surface area contributed by atoms with Crippen molar-refractivity contribution in [3.05, 3.63) is 57.6 Å². The molecule has 0 saturated carbocycles. The number of benzene rings is 2. The molecule has 0 unspecified atom stereocenters. The van der Waals surface area contributed by atoms with E-state index in [1.165, 1.54) is 11.1 Å². The van der Waals surface area contributed by atoms with Crippen LogP contribution in [0.25, 0.3) is 0 Å². The van der Waals surface area contributed by atoms with Crippen LogP contribution in [0, 0.1) is 6.92 Å². The summed E-state index contributed by atoms with van der Waals surface area (Å²) in [6.07, 6.45) is 1.06. The average molecular weight is 313 g/mol. The Bertz CT molecular complexity index is 584. The standard InChI is InChI=1S/C15H15Cl2NS/c1-3-11-4-6-14(10(2)8-11)18-19-15-7-5-12(16)9-13(15)17/h4-9,18H,3H2,1-2H3/p+1. The Morgan fingerprint density at radius 2 is 1.89 bits per heavy atom. The lowest BCUT2D eigenvalue weighted by atomic mass is 10.1. The van der Waals surface area contributed by atoms with Crippen LogP contribution in [-0.4, -0.2) is 0 Å². The molecule has 0 aliphatic heterocycles. The van der Waals surface area contributed by atoms with E-state index in [-0.39, 0.29) is 0 Å². The van der Waals surface area contributed by atoms with E-state index in [9.17, 15) is 0 Å². The third-order valence-corrected chi connectivity index (χ3v) is 4.57. The van der Waals surface area contributed by atoms with E-state index in [1.807, 2.05) is 12.1 Å². The predicted molar refractivity (Wildman–Crippen MR) is 87.7 cm³/mol. The number of aryl methyl sites for hydroxylation is 2. The number of anilines is 1. The molecule has 0 aromatic heterocycles. The monoisotopic (exact) mass is 312 g/mol. The maximum Gasteiger partial charge on any atom is 0.197 e. The summed E-state index contributed by atoms with van der Waals surface area (Å²) in [5.41, 5.74) is 3.73. The Balaban J connectivity index is 2.10. The van der Waals surface area contributed by atoms with Gasteiger partial charge in [-0.15, -0.1) is 0 Å². The Morgan fingerprint density at radius 3 is 2.53 bits per heavy atom. The molecule has 2 rings (SSSR count). The van der Waals surface area contributed by atoms with Crippen LogP contribution in [0.5, 0.6) is 0 Å². The zero-order valence-corrected chi connectivity index (χ0v) is 13.3. The van der Waals surface area contributed by atoms with Crippen LogP contribution in [0.4, 0.5) is 5.69 Å². The highest BCUT2D eigenvalue weighted by atomic mass is 35.5. The number of nitrogens with one attached hydrogen (secondary N) is 1. The molecule has 0 spiro atoms. The first kappa shape index (κ1) is 14.6. The van der Waals surface area contributed by atoms with Crippen molar-refractivity contribution in [1.82, 2.24) is 0 Å². The second-order valence-corrected chi connectivity index (χ2v) is 6.09. The molecule has 0 aliphatic carbocycles. The lowest BCUT2D eigenvalue weighted by Gasteiger charge is -2.05. The van der Waals surface area contributed by atoms with Crippen LogP contribution in [0.3, 0.4) is 0 Å². The number of rotatable bonds is 4. The van der Waals surface area contributed by atoms with E-state index < -0.39 is 0 Å². The van der Waals surface area contributed by atoms with Crippen LogP contribution >= 0.6 is 23.2 Å². The van der Waals surface area contributed by atoms with Crippen LogP contribution < -0.4 is 4.72 Å². The zero-order valence-electron chi connectivity index (χ0n) is 10.9. The van der Waals surface area contributed by atoms with Gasteiger partial charge in [-0.25, -0.2) is 4.72 Å². The van der Waals surface area contributed by atoms with E-state index in [4.69, 9.17) is 23.2 Å². The molecule has 1 nitrogen and oxygen atoms in total. The van der Waals surface area contributed by atoms with E-state index in [1.54, 1.807) is 6.07 Å². The lowest BCUT2D eigenvalue weighted by Crippen LogP contribution is -2.00. The number of hydrogen-bond donors (Lipinski definition) is 1. The molecule has 2 aromatic carbocycles. The van der Waals surface area contributed by atoms with Gasteiger partial charge in [-0.2, -0.15) is 0 Å². The van der Waals surface area contributed by atoms with Gasteiger partial charge in [0.2, 0.25) is 0 Å². The van der Waals surface area contributed by atoms with Crippen molar-refractivity contribution in [2.75, 3.05) is 4.72 Å². The molecule has 100 valence electrons. The molecule has 0 amide bonds. The molecule has 19 heavy (non-hydrogen) atoms. The van der Waals surface area contributed by atoms with Crippen molar-refractivity contribution in [2.24, 2.45) is 0 Å². The minimum Gasteiger partial charge on any atom is -0.204 e. The van der Waals surface area contributed by atoms with Gasteiger partial charge >= 0.3 is 0 Å². The Morgan fingerprint density at radius 1 is 1.11 bits per heavy atom. The Labute approximate surface area is 128 Å². The fourth-order valence-electron chi connectivity index (χ4n) is 1.76.